The van der Waals surface area contributed by atoms with E-state index in [1.54, 1.807) is 13.0 Å². The SMILES string of the molecule is CCc1cc(C(=O)N2CC(=O)NC(=O)C2CC)cc(Cl)n1. The Morgan fingerprint density at radius 1 is 1.43 bits per heavy atom. The minimum Gasteiger partial charge on any atom is -0.317 e. The molecule has 1 saturated heterocycles. The van der Waals surface area contributed by atoms with Gasteiger partial charge >= 0.3 is 0 Å². The van der Waals surface area contributed by atoms with Crippen LogP contribution in [0.1, 0.15) is 36.3 Å². The molecule has 1 aromatic heterocycles. The fraction of sp³-hybridized carbons (Fsp3) is 0.429. The van der Waals surface area contributed by atoms with Gasteiger partial charge in [0.05, 0.1) is 0 Å². The third-order valence-electron chi connectivity index (χ3n) is 3.36. The van der Waals surface area contributed by atoms with Crippen LogP contribution in [0, 0.1) is 0 Å². The molecule has 0 aromatic carbocycles. The molecule has 2 rings (SSSR count). The van der Waals surface area contributed by atoms with Gasteiger partial charge in [-0.25, -0.2) is 4.98 Å². The summed E-state index contributed by atoms with van der Waals surface area (Å²) in [4.78, 5) is 41.3. The van der Waals surface area contributed by atoms with Gasteiger partial charge < -0.3 is 4.90 Å². The number of pyridine rings is 1. The maximum atomic E-state index is 12.6. The van der Waals surface area contributed by atoms with Crippen molar-refractivity contribution in [2.75, 3.05) is 6.54 Å². The molecular formula is C14H16ClN3O3. The zero-order chi connectivity index (χ0) is 15.6. The van der Waals surface area contributed by atoms with Crippen molar-refractivity contribution in [1.29, 1.82) is 0 Å². The summed E-state index contributed by atoms with van der Waals surface area (Å²) in [7, 11) is 0. The van der Waals surface area contributed by atoms with E-state index in [1.165, 1.54) is 11.0 Å². The number of aromatic nitrogens is 1. The number of nitrogens with one attached hydrogen (secondary N) is 1. The number of carbonyl (C=O) groups is 3. The van der Waals surface area contributed by atoms with E-state index >= 15 is 0 Å². The van der Waals surface area contributed by atoms with E-state index in [-0.39, 0.29) is 17.6 Å². The van der Waals surface area contributed by atoms with Gasteiger partial charge in [-0.3, -0.25) is 19.7 Å². The zero-order valence-corrected chi connectivity index (χ0v) is 12.6. The van der Waals surface area contributed by atoms with Crippen LogP contribution in [0.15, 0.2) is 12.1 Å². The molecule has 1 fully saturated rings. The average molecular weight is 310 g/mol. The van der Waals surface area contributed by atoms with Crippen molar-refractivity contribution in [3.8, 4) is 0 Å². The number of nitrogens with zero attached hydrogens (tertiary/aromatic N) is 2. The summed E-state index contributed by atoms with van der Waals surface area (Å²) in [5.74, 6) is -1.31. The minimum absolute atomic E-state index is 0.134. The average Bonchev–Trinajstić information content (AvgIpc) is 2.45. The third-order valence-corrected chi connectivity index (χ3v) is 3.55. The number of rotatable bonds is 3. The van der Waals surface area contributed by atoms with Crippen LogP contribution in [-0.2, 0) is 16.0 Å². The topological polar surface area (TPSA) is 79.4 Å². The lowest BCUT2D eigenvalue weighted by Gasteiger charge is -2.33. The molecule has 3 amide bonds. The zero-order valence-electron chi connectivity index (χ0n) is 11.9. The first-order chi connectivity index (χ1) is 9.96. The van der Waals surface area contributed by atoms with Gasteiger partial charge in [0, 0.05) is 11.3 Å². The minimum atomic E-state index is -0.646. The Hall–Kier alpha value is -1.95. The van der Waals surface area contributed by atoms with Gasteiger partial charge in [0.25, 0.3) is 5.91 Å². The van der Waals surface area contributed by atoms with Crippen molar-refractivity contribution in [2.45, 2.75) is 32.7 Å². The Balaban J connectivity index is 2.35. The molecule has 1 aromatic rings. The first kappa shape index (κ1) is 15.4. The van der Waals surface area contributed by atoms with Crippen molar-refractivity contribution < 1.29 is 14.4 Å². The summed E-state index contributed by atoms with van der Waals surface area (Å²) in [5.41, 5.74) is 1.03. The van der Waals surface area contributed by atoms with Gasteiger partial charge in [-0.2, -0.15) is 0 Å². The molecule has 1 N–H and O–H groups in total. The van der Waals surface area contributed by atoms with Crippen LogP contribution < -0.4 is 5.32 Å². The second-order valence-corrected chi connectivity index (χ2v) is 5.18. The largest absolute Gasteiger partial charge is 0.317 e. The lowest BCUT2D eigenvalue weighted by Crippen LogP contribution is -2.59. The molecule has 0 bridgehead atoms. The fourth-order valence-corrected chi connectivity index (χ4v) is 2.53. The summed E-state index contributed by atoms with van der Waals surface area (Å²) in [5, 5.41) is 2.46. The Morgan fingerprint density at radius 2 is 2.14 bits per heavy atom. The number of hydrogen-bond donors (Lipinski definition) is 1. The highest BCUT2D eigenvalue weighted by Gasteiger charge is 2.36. The van der Waals surface area contributed by atoms with Crippen molar-refractivity contribution in [3.05, 3.63) is 28.5 Å². The predicted octanol–water partition coefficient (Wildman–Crippen LogP) is 1.17. The van der Waals surface area contributed by atoms with Crippen molar-refractivity contribution >= 4 is 29.3 Å². The van der Waals surface area contributed by atoms with Crippen LogP contribution in [0.25, 0.3) is 0 Å². The van der Waals surface area contributed by atoms with Crippen LogP contribution in [-0.4, -0.2) is 40.2 Å². The number of carbonyl (C=O) groups excluding carboxylic acids is 3. The quantitative estimate of drug-likeness (QED) is 0.671. The van der Waals surface area contributed by atoms with Gasteiger partial charge in [0.15, 0.2) is 0 Å². The number of halogens is 1. The summed E-state index contributed by atoms with van der Waals surface area (Å²) in [6.45, 7) is 3.56. The smallest absolute Gasteiger partial charge is 0.255 e. The van der Waals surface area contributed by atoms with Gasteiger partial charge in [0.1, 0.15) is 17.7 Å². The molecule has 2 heterocycles. The van der Waals surface area contributed by atoms with Crippen molar-refractivity contribution in [1.82, 2.24) is 15.2 Å². The van der Waals surface area contributed by atoms with Gasteiger partial charge in [-0.1, -0.05) is 25.4 Å². The lowest BCUT2D eigenvalue weighted by molar-refractivity contribution is -0.138. The van der Waals surface area contributed by atoms with Crippen LogP contribution in [0.2, 0.25) is 5.15 Å². The molecule has 0 radical (unpaired) electrons. The molecule has 1 aliphatic heterocycles. The summed E-state index contributed by atoms with van der Waals surface area (Å²) >= 11 is 5.91. The second kappa shape index (κ2) is 6.22. The van der Waals surface area contributed by atoms with E-state index in [4.69, 9.17) is 11.6 Å². The normalized spacial score (nSPS) is 18.6. The Labute approximate surface area is 127 Å². The van der Waals surface area contributed by atoms with E-state index in [9.17, 15) is 14.4 Å². The molecule has 6 nitrogen and oxygen atoms in total. The second-order valence-electron chi connectivity index (χ2n) is 4.79. The van der Waals surface area contributed by atoms with E-state index < -0.39 is 17.9 Å². The molecule has 1 unspecified atom stereocenters. The number of imide groups is 1. The Morgan fingerprint density at radius 3 is 2.76 bits per heavy atom. The molecule has 7 heteroatoms. The first-order valence-corrected chi connectivity index (χ1v) is 7.15. The van der Waals surface area contributed by atoms with Gasteiger partial charge in [0.2, 0.25) is 11.8 Å². The predicted molar refractivity (Wildman–Crippen MR) is 76.9 cm³/mol. The highest BCUT2D eigenvalue weighted by atomic mass is 35.5. The van der Waals surface area contributed by atoms with E-state index in [0.29, 0.717) is 24.1 Å². The number of amides is 3. The third kappa shape index (κ3) is 3.21. The number of piperazine rings is 1. The summed E-state index contributed by atoms with van der Waals surface area (Å²) in [6.07, 6.45) is 1.07. The molecule has 1 aliphatic rings. The van der Waals surface area contributed by atoms with Crippen LogP contribution in [0.5, 0.6) is 0 Å². The van der Waals surface area contributed by atoms with Crippen molar-refractivity contribution in [3.63, 3.8) is 0 Å². The van der Waals surface area contributed by atoms with E-state index in [0.717, 1.165) is 0 Å². The molecule has 21 heavy (non-hydrogen) atoms. The maximum absolute atomic E-state index is 12.6. The molecule has 0 spiro atoms. The monoisotopic (exact) mass is 309 g/mol. The molecule has 0 saturated carbocycles. The molecule has 112 valence electrons. The fourth-order valence-electron chi connectivity index (χ4n) is 2.31. The summed E-state index contributed by atoms with van der Waals surface area (Å²) in [6, 6.07) is 2.44. The van der Waals surface area contributed by atoms with Crippen LogP contribution in [0.3, 0.4) is 0 Å². The Bertz CT molecular complexity index is 603. The van der Waals surface area contributed by atoms with Crippen molar-refractivity contribution in [2.24, 2.45) is 0 Å². The number of hydrogen-bond acceptors (Lipinski definition) is 4. The van der Waals surface area contributed by atoms with Crippen LogP contribution >= 0.6 is 11.6 Å². The highest BCUT2D eigenvalue weighted by molar-refractivity contribution is 6.29. The summed E-state index contributed by atoms with van der Waals surface area (Å²) < 4.78 is 0. The van der Waals surface area contributed by atoms with Crippen LogP contribution in [0.4, 0.5) is 0 Å². The van der Waals surface area contributed by atoms with Gasteiger partial charge in [-0.15, -0.1) is 0 Å². The highest BCUT2D eigenvalue weighted by Crippen LogP contribution is 2.17. The lowest BCUT2D eigenvalue weighted by atomic mass is 10.1. The molecule has 1 atom stereocenters. The standard InChI is InChI=1S/C14H16ClN3O3/c1-3-9-5-8(6-11(15)16-9)14(21)18-7-12(19)17-13(20)10(18)4-2/h5-6,10H,3-4,7H2,1-2H3,(H,17,19,20). The first-order valence-electron chi connectivity index (χ1n) is 6.77. The Kier molecular flexibility index (Phi) is 4.57. The van der Waals surface area contributed by atoms with E-state index in [2.05, 4.69) is 10.3 Å². The number of aryl methyl sites for hydroxylation is 1. The van der Waals surface area contributed by atoms with E-state index in [1.807, 2.05) is 6.92 Å². The molecular weight excluding hydrogens is 294 g/mol. The van der Waals surface area contributed by atoms with Gasteiger partial charge in [-0.05, 0) is 25.0 Å². The maximum Gasteiger partial charge on any atom is 0.255 e. The molecule has 0 aliphatic carbocycles.